The summed E-state index contributed by atoms with van der Waals surface area (Å²) in [6.07, 6.45) is 8.51. The minimum Gasteiger partial charge on any atom is -0.330 e. The number of hydrogen-bond acceptors (Lipinski definition) is 2. The van der Waals surface area contributed by atoms with E-state index in [1.807, 2.05) is 0 Å². The summed E-state index contributed by atoms with van der Waals surface area (Å²) in [6, 6.07) is 0. The molecule has 1 unspecified atom stereocenters. The molecule has 12 heavy (non-hydrogen) atoms. The zero-order valence-electron chi connectivity index (χ0n) is 8.34. The highest BCUT2D eigenvalue weighted by Gasteiger charge is 2.12. The highest BCUT2D eigenvalue weighted by atomic mass is 14.7. The fourth-order valence-electron chi connectivity index (χ4n) is 1.12. The fourth-order valence-corrected chi connectivity index (χ4v) is 1.12. The van der Waals surface area contributed by atoms with E-state index in [0.717, 1.165) is 32.2 Å². The summed E-state index contributed by atoms with van der Waals surface area (Å²) in [4.78, 5) is 0. The molecule has 0 saturated heterocycles. The van der Waals surface area contributed by atoms with Gasteiger partial charge in [0.1, 0.15) is 0 Å². The summed E-state index contributed by atoms with van der Waals surface area (Å²) in [6.45, 7) is 4.95. The van der Waals surface area contributed by atoms with Crippen LogP contribution in [0, 0.1) is 0 Å². The Labute approximate surface area is 76.0 Å². The minimum atomic E-state index is -0.134. The Balaban J connectivity index is 3.63. The molecule has 0 aromatic rings. The Morgan fingerprint density at radius 2 is 2.00 bits per heavy atom. The molecule has 2 heteroatoms. The van der Waals surface area contributed by atoms with Gasteiger partial charge >= 0.3 is 0 Å². The highest BCUT2D eigenvalue weighted by Crippen LogP contribution is 2.11. The monoisotopic (exact) mass is 170 g/mol. The van der Waals surface area contributed by atoms with E-state index in [1.54, 1.807) is 0 Å². The van der Waals surface area contributed by atoms with E-state index >= 15 is 0 Å². The third kappa shape index (κ3) is 6.38. The number of rotatable bonds is 6. The molecule has 0 amide bonds. The highest BCUT2D eigenvalue weighted by molar-refractivity contribution is 5.01. The summed E-state index contributed by atoms with van der Waals surface area (Å²) in [7, 11) is 0. The fraction of sp³-hybridized carbons (Fsp3) is 0.800. The lowest BCUT2D eigenvalue weighted by atomic mass is 9.95. The van der Waals surface area contributed by atoms with E-state index in [-0.39, 0.29) is 5.54 Å². The zero-order valence-corrected chi connectivity index (χ0v) is 8.34. The lowest BCUT2D eigenvalue weighted by molar-refractivity contribution is 0.499. The first-order valence-corrected chi connectivity index (χ1v) is 4.79. The quantitative estimate of drug-likeness (QED) is 0.472. The van der Waals surface area contributed by atoms with Crippen LogP contribution < -0.4 is 11.5 Å². The standard InChI is InChI=1S/C10H22N2/c1-3-4-7-10(2,12)8-5-6-9-11/h4,7H,3,5-6,8-9,11-12H2,1-2H3/b7-4-. The van der Waals surface area contributed by atoms with Crippen molar-refractivity contribution in [2.24, 2.45) is 11.5 Å². The van der Waals surface area contributed by atoms with Crippen LogP contribution in [0.3, 0.4) is 0 Å². The summed E-state index contributed by atoms with van der Waals surface area (Å²) in [5, 5.41) is 0. The second-order valence-corrected chi connectivity index (χ2v) is 3.56. The van der Waals surface area contributed by atoms with Crippen molar-refractivity contribution in [3.63, 3.8) is 0 Å². The van der Waals surface area contributed by atoms with Crippen molar-refractivity contribution >= 4 is 0 Å². The van der Waals surface area contributed by atoms with Gasteiger partial charge in [-0.1, -0.05) is 25.5 Å². The van der Waals surface area contributed by atoms with Gasteiger partial charge in [-0.2, -0.15) is 0 Å². The van der Waals surface area contributed by atoms with Gasteiger partial charge < -0.3 is 11.5 Å². The average Bonchev–Trinajstić information content (AvgIpc) is 2.01. The number of allylic oxidation sites excluding steroid dienone is 1. The van der Waals surface area contributed by atoms with Gasteiger partial charge in [-0.15, -0.1) is 0 Å². The Hall–Kier alpha value is -0.340. The third-order valence-corrected chi connectivity index (χ3v) is 1.90. The van der Waals surface area contributed by atoms with E-state index in [1.165, 1.54) is 0 Å². The van der Waals surface area contributed by atoms with Crippen LogP contribution in [0.1, 0.15) is 39.5 Å². The summed E-state index contributed by atoms with van der Waals surface area (Å²) < 4.78 is 0. The van der Waals surface area contributed by atoms with Gasteiger partial charge in [0, 0.05) is 5.54 Å². The Bertz CT molecular complexity index is 128. The number of unbranched alkanes of at least 4 members (excludes halogenated alkanes) is 1. The lowest BCUT2D eigenvalue weighted by Crippen LogP contribution is -2.33. The Kier molecular flexibility index (Phi) is 6.03. The van der Waals surface area contributed by atoms with Gasteiger partial charge in [0.2, 0.25) is 0 Å². The predicted molar refractivity (Wildman–Crippen MR) is 54.9 cm³/mol. The molecule has 0 spiro atoms. The Morgan fingerprint density at radius 1 is 1.33 bits per heavy atom. The first kappa shape index (κ1) is 11.7. The Morgan fingerprint density at radius 3 is 2.50 bits per heavy atom. The summed E-state index contributed by atoms with van der Waals surface area (Å²) in [5.41, 5.74) is 11.3. The molecular weight excluding hydrogens is 148 g/mol. The van der Waals surface area contributed by atoms with Crippen LogP contribution in [0.25, 0.3) is 0 Å². The van der Waals surface area contributed by atoms with Crippen LogP contribution in [0.15, 0.2) is 12.2 Å². The van der Waals surface area contributed by atoms with Crippen molar-refractivity contribution in [3.8, 4) is 0 Å². The van der Waals surface area contributed by atoms with Gasteiger partial charge in [0.05, 0.1) is 0 Å². The van der Waals surface area contributed by atoms with Crippen LogP contribution in [-0.4, -0.2) is 12.1 Å². The summed E-state index contributed by atoms with van der Waals surface area (Å²) >= 11 is 0. The van der Waals surface area contributed by atoms with Crippen molar-refractivity contribution in [2.75, 3.05) is 6.54 Å². The van der Waals surface area contributed by atoms with Crippen molar-refractivity contribution < 1.29 is 0 Å². The van der Waals surface area contributed by atoms with Crippen LogP contribution >= 0.6 is 0 Å². The van der Waals surface area contributed by atoms with Crippen molar-refractivity contribution in [1.29, 1.82) is 0 Å². The predicted octanol–water partition coefficient (Wildman–Crippen LogP) is 1.80. The molecule has 0 radical (unpaired) electrons. The molecule has 0 fully saturated rings. The maximum Gasteiger partial charge on any atom is 0.0310 e. The average molecular weight is 170 g/mol. The van der Waals surface area contributed by atoms with Gasteiger partial charge in [0.25, 0.3) is 0 Å². The van der Waals surface area contributed by atoms with Crippen molar-refractivity contribution in [2.45, 2.75) is 45.1 Å². The van der Waals surface area contributed by atoms with Crippen LogP contribution in [0.4, 0.5) is 0 Å². The van der Waals surface area contributed by atoms with Crippen molar-refractivity contribution in [1.82, 2.24) is 0 Å². The first-order chi connectivity index (χ1) is 5.62. The van der Waals surface area contributed by atoms with Gasteiger partial charge in [0.15, 0.2) is 0 Å². The molecule has 72 valence electrons. The molecule has 0 aliphatic carbocycles. The molecule has 0 rings (SSSR count). The molecule has 0 saturated carbocycles. The van der Waals surface area contributed by atoms with Gasteiger partial charge in [-0.25, -0.2) is 0 Å². The topological polar surface area (TPSA) is 52.0 Å². The number of nitrogens with two attached hydrogens (primary N) is 2. The van der Waals surface area contributed by atoms with E-state index in [4.69, 9.17) is 11.5 Å². The molecule has 0 aromatic carbocycles. The van der Waals surface area contributed by atoms with Crippen LogP contribution in [0.2, 0.25) is 0 Å². The van der Waals surface area contributed by atoms with Gasteiger partial charge in [-0.3, -0.25) is 0 Å². The molecular formula is C10H22N2. The molecule has 4 N–H and O–H groups in total. The lowest BCUT2D eigenvalue weighted by Gasteiger charge is -2.19. The normalized spacial score (nSPS) is 16.7. The second kappa shape index (κ2) is 6.21. The van der Waals surface area contributed by atoms with E-state index < -0.39 is 0 Å². The molecule has 0 heterocycles. The molecule has 0 aromatic heterocycles. The van der Waals surface area contributed by atoms with Crippen LogP contribution in [-0.2, 0) is 0 Å². The molecule has 0 aliphatic heterocycles. The largest absolute Gasteiger partial charge is 0.330 e. The van der Waals surface area contributed by atoms with Crippen molar-refractivity contribution in [3.05, 3.63) is 12.2 Å². The maximum atomic E-state index is 6.02. The molecule has 0 bridgehead atoms. The second-order valence-electron chi connectivity index (χ2n) is 3.56. The smallest absolute Gasteiger partial charge is 0.0310 e. The summed E-state index contributed by atoms with van der Waals surface area (Å²) in [5.74, 6) is 0. The third-order valence-electron chi connectivity index (χ3n) is 1.90. The number of hydrogen-bond donors (Lipinski definition) is 2. The molecule has 2 nitrogen and oxygen atoms in total. The van der Waals surface area contributed by atoms with Gasteiger partial charge in [-0.05, 0) is 32.7 Å². The van der Waals surface area contributed by atoms with Crippen LogP contribution in [0.5, 0.6) is 0 Å². The van der Waals surface area contributed by atoms with E-state index in [9.17, 15) is 0 Å². The first-order valence-electron chi connectivity index (χ1n) is 4.79. The molecule has 1 atom stereocenters. The minimum absolute atomic E-state index is 0.134. The maximum absolute atomic E-state index is 6.02. The SMILES string of the molecule is CC/C=C\C(C)(N)CCCCN. The molecule has 0 aliphatic rings. The van der Waals surface area contributed by atoms with E-state index in [0.29, 0.717) is 0 Å². The van der Waals surface area contributed by atoms with E-state index in [2.05, 4.69) is 26.0 Å². The zero-order chi connectivity index (χ0) is 9.45.